The molecule has 4 heteroatoms. The summed E-state index contributed by atoms with van der Waals surface area (Å²) in [4.78, 5) is 0. The van der Waals surface area contributed by atoms with E-state index in [1.54, 1.807) is 12.1 Å². The third-order valence-electron chi connectivity index (χ3n) is 2.75. The van der Waals surface area contributed by atoms with Crippen LogP contribution in [0.3, 0.4) is 0 Å². The molecule has 0 aliphatic heterocycles. The number of likely N-dealkylation sites (N-methyl/N-ethyl adjacent to an activating group) is 1. The third kappa shape index (κ3) is 2.47. The normalized spacial score (nSPS) is 13.2. The summed E-state index contributed by atoms with van der Waals surface area (Å²) in [6.45, 7) is 4.81. The molecule has 1 heterocycles. The van der Waals surface area contributed by atoms with Crippen LogP contribution in [0.4, 0.5) is 8.78 Å². The van der Waals surface area contributed by atoms with Gasteiger partial charge in [0.2, 0.25) is 0 Å². The first-order valence-corrected chi connectivity index (χ1v) is 5.71. The summed E-state index contributed by atoms with van der Waals surface area (Å²) in [5, 5.41) is 3.66. The topological polar surface area (TPSA) is 25.2 Å². The van der Waals surface area contributed by atoms with Gasteiger partial charge in [0, 0.05) is 17.5 Å². The first kappa shape index (κ1) is 12.0. The maximum Gasteiger partial charge on any atom is 0.278 e. The molecule has 2 rings (SSSR count). The second kappa shape index (κ2) is 4.84. The quantitative estimate of drug-likeness (QED) is 0.886. The van der Waals surface area contributed by atoms with E-state index in [0.29, 0.717) is 17.4 Å². The Labute approximate surface area is 98.6 Å². The Balaban J connectivity index is 2.32. The first-order valence-electron chi connectivity index (χ1n) is 5.71. The minimum atomic E-state index is -0.754. The molecule has 2 aromatic rings. The predicted molar refractivity (Wildman–Crippen MR) is 63.0 cm³/mol. The van der Waals surface area contributed by atoms with Gasteiger partial charge in [0.05, 0.1) is 0 Å². The van der Waals surface area contributed by atoms with E-state index in [-0.39, 0.29) is 11.6 Å². The van der Waals surface area contributed by atoms with Crippen LogP contribution in [0.2, 0.25) is 0 Å². The molecule has 0 amide bonds. The van der Waals surface area contributed by atoms with Crippen LogP contribution in [0.5, 0.6) is 0 Å². The number of nitrogens with one attached hydrogen (secondary N) is 1. The Kier molecular flexibility index (Phi) is 3.43. The lowest BCUT2D eigenvalue weighted by Gasteiger charge is -2.12. The molecule has 17 heavy (non-hydrogen) atoms. The molecule has 1 aromatic heterocycles. The van der Waals surface area contributed by atoms with Crippen LogP contribution in [0.15, 0.2) is 22.6 Å². The van der Waals surface area contributed by atoms with Crippen molar-refractivity contribution in [1.29, 1.82) is 0 Å². The van der Waals surface area contributed by atoms with E-state index in [1.165, 1.54) is 6.07 Å². The molecule has 1 atom stereocenters. The lowest BCUT2D eigenvalue weighted by molar-refractivity contribution is 0.373. The van der Waals surface area contributed by atoms with Crippen molar-refractivity contribution in [3.63, 3.8) is 0 Å². The molecule has 0 unspecified atom stereocenters. The Hall–Kier alpha value is -1.42. The lowest BCUT2D eigenvalue weighted by atomic mass is 10.1. The van der Waals surface area contributed by atoms with Crippen LogP contribution in [0.1, 0.15) is 19.4 Å². The van der Waals surface area contributed by atoms with E-state index in [4.69, 9.17) is 4.42 Å². The van der Waals surface area contributed by atoms with E-state index < -0.39 is 11.8 Å². The van der Waals surface area contributed by atoms with Gasteiger partial charge < -0.3 is 9.73 Å². The van der Waals surface area contributed by atoms with Crippen LogP contribution in [-0.2, 0) is 6.42 Å². The van der Waals surface area contributed by atoms with Gasteiger partial charge >= 0.3 is 0 Å². The molecular weight excluding hydrogens is 224 g/mol. The fourth-order valence-electron chi connectivity index (χ4n) is 1.99. The highest BCUT2D eigenvalue weighted by Crippen LogP contribution is 2.24. The second-order valence-electron chi connectivity index (χ2n) is 4.17. The number of fused-ring (bicyclic) bond motifs is 1. The summed E-state index contributed by atoms with van der Waals surface area (Å²) in [6, 6.07) is 3.97. The highest BCUT2D eigenvalue weighted by Gasteiger charge is 2.14. The molecule has 0 spiro atoms. The van der Waals surface area contributed by atoms with Gasteiger partial charge in [-0.1, -0.05) is 19.1 Å². The van der Waals surface area contributed by atoms with Gasteiger partial charge in [0.1, 0.15) is 0 Å². The van der Waals surface area contributed by atoms with Gasteiger partial charge in [-0.2, -0.15) is 4.39 Å². The summed E-state index contributed by atoms with van der Waals surface area (Å²) in [5.74, 6) is -0.462. The molecular formula is C13H15F2NO. The average Bonchev–Trinajstić information content (AvgIpc) is 2.64. The lowest BCUT2D eigenvalue weighted by Crippen LogP contribution is -2.27. The standard InChI is InChI=1S/C13H15F2NO/c1-3-16-8(2)6-9-4-5-10-7-11(14)17-13(10)12(9)15/h4-5,7-8,16H,3,6H2,1-2H3/t8-/m0/s1. The fraction of sp³-hybridized carbons (Fsp3) is 0.385. The van der Waals surface area contributed by atoms with Crippen molar-refractivity contribution < 1.29 is 13.2 Å². The van der Waals surface area contributed by atoms with Crippen LogP contribution < -0.4 is 5.32 Å². The van der Waals surface area contributed by atoms with Crippen molar-refractivity contribution in [2.24, 2.45) is 0 Å². The van der Waals surface area contributed by atoms with Crippen LogP contribution in [0.25, 0.3) is 11.0 Å². The van der Waals surface area contributed by atoms with Gasteiger partial charge in [0.25, 0.3) is 6.01 Å². The average molecular weight is 239 g/mol. The van der Waals surface area contributed by atoms with Crippen molar-refractivity contribution in [2.75, 3.05) is 6.54 Å². The maximum absolute atomic E-state index is 14.0. The number of halogens is 2. The minimum Gasteiger partial charge on any atom is -0.428 e. The number of furan rings is 1. The molecule has 0 aliphatic rings. The van der Waals surface area contributed by atoms with Crippen LogP contribution in [0, 0.1) is 11.8 Å². The van der Waals surface area contributed by atoms with Crippen LogP contribution in [-0.4, -0.2) is 12.6 Å². The van der Waals surface area contributed by atoms with Gasteiger partial charge in [-0.3, -0.25) is 0 Å². The van der Waals surface area contributed by atoms with E-state index in [2.05, 4.69) is 5.32 Å². The molecule has 0 aliphatic carbocycles. The number of hydrogen-bond acceptors (Lipinski definition) is 2. The zero-order chi connectivity index (χ0) is 12.4. The highest BCUT2D eigenvalue weighted by atomic mass is 19.1. The zero-order valence-electron chi connectivity index (χ0n) is 9.89. The molecule has 0 radical (unpaired) electrons. The molecule has 0 fully saturated rings. The Morgan fingerprint density at radius 2 is 2.12 bits per heavy atom. The predicted octanol–water partition coefficient (Wildman–Crippen LogP) is 3.25. The Morgan fingerprint density at radius 1 is 1.35 bits per heavy atom. The largest absolute Gasteiger partial charge is 0.428 e. The van der Waals surface area contributed by atoms with Gasteiger partial charge in [0.15, 0.2) is 11.4 Å². The van der Waals surface area contributed by atoms with Crippen molar-refractivity contribution in [3.8, 4) is 0 Å². The van der Waals surface area contributed by atoms with Crippen molar-refractivity contribution in [3.05, 3.63) is 35.6 Å². The van der Waals surface area contributed by atoms with Crippen LogP contribution >= 0.6 is 0 Å². The monoisotopic (exact) mass is 239 g/mol. The summed E-state index contributed by atoms with van der Waals surface area (Å²) in [7, 11) is 0. The first-order chi connectivity index (χ1) is 8.11. The summed E-state index contributed by atoms with van der Waals surface area (Å²) in [5.41, 5.74) is 0.545. The molecule has 2 nitrogen and oxygen atoms in total. The molecule has 0 bridgehead atoms. The van der Waals surface area contributed by atoms with E-state index in [1.807, 2.05) is 13.8 Å². The maximum atomic E-state index is 14.0. The molecule has 1 N–H and O–H groups in total. The smallest absolute Gasteiger partial charge is 0.278 e. The summed E-state index contributed by atoms with van der Waals surface area (Å²) >= 11 is 0. The Bertz CT molecular complexity index is 521. The highest BCUT2D eigenvalue weighted by molar-refractivity contribution is 5.78. The van der Waals surface area contributed by atoms with E-state index >= 15 is 0 Å². The van der Waals surface area contributed by atoms with Gasteiger partial charge in [-0.05, 0) is 25.5 Å². The second-order valence-corrected chi connectivity index (χ2v) is 4.17. The molecule has 0 saturated carbocycles. The van der Waals surface area contributed by atoms with Crippen molar-refractivity contribution >= 4 is 11.0 Å². The minimum absolute atomic E-state index is 0.00342. The third-order valence-corrected chi connectivity index (χ3v) is 2.75. The SMILES string of the molecule is CCN[C@@H](C)Cc1ccc2cc(F)oc2c1F. The molecule has 92 valence electrons. The van der Waals surface area contributed by atoms with E-state index in [0.717, 1.165) is 6.54 Å². The number of rotatable bonds is 4. The van der Waals surface area contributed by atoms with Gasteiger partial charge in [-0.25, -0.2) is 4.39 Å². The summed E-state index contributed by atoms with van der Waals surface area (Å²) < 4.78 is 31.6. The van der Waals surface area contributed by atoms with Crippen molar-refractivity contribution in [1.82, 2.24) is 5.32 Å². The van der Waals surface area contributed by atoms with E-state index in [9.17, 15) is 8.78 Å². The van der Waals surface area contributed by atoms with Gasteiger partial charge in [-0.15, -0.1) is 0 Å². The Morgan fingerprint density at radius 3 is 2.82 bits per heavy atom. The zero-order valence-corrected chi connectivity index (χ0v) is 9.89. The fourth-order valence-corrected chi connectivity index (χ4v) is 1.99. The number of benzene rings is 1. The molecule has 1 aromatic carbocycles. The summed E-state index contributed by atoms with van der Waals surface area (Å²) in [6.07, 6.45) is 0.554. The van der Waals surface area contributed by atoms with Crippen molar-refractivity contribution in [2.45, 2.75) is 26.3 Å². The number of hydrogen-bond donors (Lipinski definition) is 1. The molecule has 0 saturated heterocycles.